The normalized spacial score (nSPS) is 10.5. The first-order valence-corrected chi connectivity index (χ1v) is 5.44. The van der Waals surface area contributed by atoms with E-state index in [1.54, 1.807) is 0 Å². The lowest BCUT2D eigenvalue weighted by molar-refractivity contribution is 0.497. The van der Waals surface area contributed by atoms with Crippen molar-refractivity contribution in [1.29, 1.82) is 0 Å². The number of oxazole rings is 1. The summed E-state index contributed by atoms with van der Waals surface area (Å²) < 4.78 is 6.07. The van der Waals surface area contributed by atoms with Crippen LogP contribution >= 0.6 is 22.6 Å². The van der Waals surface area contributed by atoms with Gasteiger partial charge in [-0.25, -0.2) is 4.98 Å². The maximum absolute atomic E-state index is 5.37. The summed E-state index contributed by atoms with van der Waals surface area (Å²) in [5.41, 5.74) is 3.30. The predicted molar refractivity (Wildman–Crippen MR) is 64.1 cm³/mol. The summed E-state index contributed by atoms with van der Waals surface area (Å²) in [4.78, 5) is 4.33. The van der Waals surface area contributed by atoms with Crippen LogP contribution in [0.15, 0.2) is 28.7 Å². The van der Waals surface area contributed by atoms with Gasteiger partial charge in [-0.3, -0.25) is 0 Å². The van der Waals surface area contributed by atoms with Gasteiger partial charge in [-0.2, -0.15) is 0 Å². The van der Waals surface area contributed by atoms with Crippen molar-refractivity contribution in [3.8, 4) is 11.3 Å². The highest BCUT2D eigenvalue weighted by Gasteiger charge is 2.08. The Hall–Kier alpha value is -0.840. The van der Waals surface area contributed by atoms with E-state index in [9.17, 15) is 0 Å². The molecule has 0 amide bonds. The van der Waals surface area contributed by atoms with Gasteiger partial charge >= 0.3 is 0 Å². The van der Waals surface area contributed by atoms with Crippen LogP contribution in [-0.2, 0) is 0 Å². The van der Waals surface area contributed by atoms with Crippen molar-refractivity contribution < 1.29 is 4.42 Å². The van der Waals surface area contributed by atoms with E-state index in [4.69, 9.17) is 4.42 Å². The minimum Gasteiger partial charge on any atom is -0.437 e. The molecular formula is C11H10INO. The summed E-state index contributed by atoms with van der Waals surface area (Å²) in [5, 5.41) is 0. The van der Waals surface area contributed by atoms with E-state index in [2.05, 4.69) is 58.8 Å². The monoisotopic (exact) mass is 299 g/mol. The molecule has 0 aliphatic rings. The molecule has 0 saturated carbocycles. The Kier molecular flexibility index (Phi) is 2.58. The molecule has 0 aliphatic carbocycles. The smallest absolute Gasteiger partial charge is 0.257 e. The highest BCUT2D eigenvalue weighted by atomic mass is 127. The van der Waals surface area contributed by atoms with Crippen molar-refractivity contribution in [3.05, 3.63) is 39.5 Å². The number of nitrogens with zero attached hydrogens (tertiary/aromatic N) is 1. The van der Waals surface area contributed by atoms with Crippen LogP contribution in [0.1, 0.15) is 11.3 Å². The van der Waals surface area contributed by atoms with Crippen LogP contribution in [0.2, 0.25) is 0 Å². The molecule has 0 spiro atoms. The Morgan fingerprint density at radius 3 is 2.29 bits per heavy atom. The molecule has 0 N–H and O–H groups in total. The second kappa shape index (κ2) is 3.73. The molecule has 14 heavy (non-hydrogen) atoms. The SMILES string of the molecule is Cc1ccc(-c2nc(I)oc2C)cc1. The van der Waals surface area contributed by atoms with Gasteiger partial charge in [-0.1, -0.05) is 29.8 Å². The van der Waals surface area contributed by atoms with E-state index >= 15 is 0 Å². The van der Waals surface area contributed by atoms with Crippen LogP contribution < -0.4 is 0 Å². The van der Waals surface area contributed by atoms with Crippen molar-refractivity contribution in [2.45, 2.75) is 13.8 Å². The third-order valence-corrected chi connectivity index (χ3v) is 2.56. The van der Waals surface area contributed by atoms with Crippen LogP contribution in [0.25, 0.3) is 11.3 Å². The molecule has 0 atom stereocenters. The second-order valence-electron chi connectivity index (χ2n) is 3.24. The zero-order valence-electron chi connectivity index (χ0n) is 8.04. The summed E-state index contributed by atoms with van der Waals surface area (Å²) in [6.45, 7) is 4.01. The van der Waals surface area contributed by atoms with Gasteiger partial charge < -0.3 is 4.42 Å². The summed E-state index contributed by atoms with van der Waals surface area (Å²) in [7, 11) is 0. The third-order valence-electron chi connectivity index (χ3n) is 2.10. The Labute approximate surface area is 96.5 Å². The van der Waals surface area contributed by atoms with Gasteiger partial charge in [0.1, 0.15) is 11.5 Å². The number of aromatic nitrogens is 1. The quantitative estimate of drug-likeness (QED) is 0.752. The summed E-state index contributed by atoms with van der Waals surface area (Å²) in [6.07, 6.45) is 0. The number of hydrogen-bond acceptors (Lipinski definition) is 2. The molecule has 72 valence electrons. The van der Waals surface area contributed by atoms with Gasteiger partial charge in [-0.15, -0.1) is 0 Å². The minimum absolute atomic E-state index is 0.690. The molecule has 2 rings (SSSR count). The molecule has 1 aromatic heterocycles. The first kappa shape index (κ1) is 9.71. The van der Waals surface area contributed by atoms with Crippen LogP contribution in [0.3, 0.4) is 0 Å². The molecule has 2 nitrogen and oxygen atoms in total. The number of aryl methyl sites for hydroxylation is 2. The molecule has 0 saturated heterocycles. The fourth-order valence-corrected chi connectivity index (χ4v) is 1.91. The molecular weight excluding hydrogens is 289 g/mol. The molecule has 3 heteroatoms. The maximum atomic E-state index is 5.37. The van der Waals surface area contributed by atoms with E-state index < -0.39 is 0 Å². The predicted octanol–water partition coefficient (Wildman–Crippen LogP) is 3.56. The topological polar surface area (TPSA) is 26.0 Å². The first-order chi connectivity index (χ1) is 6.66. The second-order valence-corrected chi connectivity index (χ2v) is 4.16. The van der Waals surface area contributed by atoms with Gasteiger partial charge in [-0.05, 0) is 13.8 Å². The van der Waals surface area contributed by atoms with Crippen molar-refractivity contribution >= 4 is 22.6 Å². The van der Waals surface area contributed by atoms with Crippen LogP contribution in [0, 0.1) is 17.7 Å². The van der Waals surface area contributed by atoms with E-state index in [1.165, 1.54) is 5.56 Å². The van der Waals surface area contributed by atoms with Crippen LogP contribution in [-0.4, -0.2) is 4.98 Å². The van der Waals surface area contributed by atoms with Crippen molar-refractivity contribution in [2.75, 3.05) is 0 Å². The Balaban J connectivity index is 2.49. The number of halogens is 1. The fraction of sp³-hybridized carbons (Fsp3) is 0.182. The molecule has 0 bridgehead atoms. The van der Waals surface area contributed by atoms with Gasteiger partial charge in [0.2, 0.25) is 0 Å². The van der Waals surface area contributed by atoms with Crippen molar-refractivity contribution in [2.24, 2.45) is 0 Å². The first-order valence-electron chi connectivity index (χ1n) is 4.37. The highest BCUT2D eigenvalue weighted by Crippen LogP contribution is 2.24. The van der Waals surface area contributed by atoms with Gasteiger partial charge in [0, 0.05) is 28.2 Å². The Morgan fingerprint density at radius 2 is 1.79 bits per heavy atom. The molecule has 0 fully saturated rings. The number of rotatable bonds is 1. The van der Waals surface area contributed by atoms with E-state index in [0.29, 0.717) is 3.90 Å². The lowest BCUT2D eigenvalue weighted by Gasteiger charge is -1.97. The number of benzene rings is 1. The van der Waals surface area contributed by atoms with Gasteiger partial charge in [0.15, 0.2) is 0 Å². The third kappa shape index (κ3) is 1.82. The fourth-order valence-electron chi connectivity index (χ4n) is 1.34. The molecule has 1 heterocycles. The molecule has 0 radical (unpaired) electrons. The maximum Gasteiger partial charge on any atom is 0.257 e. The molecule has 1 aromatic carbocycles. The standard InChI is InChI=1S/C11H10INO/c1-7-3-5-9(6-4-7)10-8(2)14-11(12)13-10/h3-6H,1-2H3. The molecule has 2 aromatic rings. The summed E-state index contributed by atoms with van der Waals surface area (Å²) in [5.74, 6) is 0.873. The Bertz CT molecular complexity index is 445. The zero-order chi connectivity index (χ0) is 10.1. The van der Waals surface area contributed by atoms with Gasteiger partial charge in [0.05, 0.1) is 0 Å². The highest BCUT2D eigenvalue weighted by molar-refractivity contribution is 14.1. The van der Waals surface area contributed by atoms with Crippen LogP contribution in [0.5, 0.6) is 0 Å². The van der Waals surface area contributed by atoms with Crippen molar-refractivity contribution in [1.82, 2.24) is 4.98 Å². The molecule has 0 unspecified atom stereocenters. The average molecular weight is 299 g/mol. The lowest BCUT2D eigenvalue weighted by Crippen LogP contribution is -1.81. The zero-order valence-corrected chi connectivity index (χ0v) is 10.2. The van der Waals surface area contributed by atoms with E-state index in [0.717, 1.165) is 17.0 Å². The minimum atomic E-state index is 0.690. The van der Waals surface area contributed by atoms with Crippen LogP contribution in [0.4, 0.5) is 0 Å². The Morgan fingerprint density at radius 1 is 1.14 bits per heavy atom. The average Bonchev–Trinajstić information content (AvgIpc) is 2.47. The van der Waals surface area contributed by atoms with E-state index in [-0.39, 0.29) is 0 Å². The summed E-state index contributed by atoms with van der Waals surface area (Å²) in [6, 6.07) is 8.29. The van der Waals surface area contributed by atoms with Crippen molar-refractivity contribution in [3.63, 3.8) is 0 Å². The number of hydrogen-bond donors (Lipinski definition) is 0. The largest absolute Gasteiger partial charge is 0.437 e. The lowest BCUT2D eigenvalue weighted by atomic mass is 10.1. The molecule has 0 aliphatic heterocycles. The van der Waals surface area contributed by atoms with E-state index in [1.807, 2.05) is 6.92 Å². The van der Waals surface area contributed by atoms with Gasteiger partial charge in [0.25, 0.3) is 3.90 Å². The summed E-state index contributed by atoms with van der Waals surface area (Å²) >= 11 is 2.08.